The number of carbonyl (C=O) groups is 1. The minimum atomic E-state index is -0.0472. The Balaban J connectivity index is 1.58. The highest BCUT2D eigenvalue weighted by Gasteiger charge is 2.25. The number of hydrogen-bond donors (Lipinski definition) is 1. The van der Waals surface area contributed by atoms with E-state index >= 15 is 0 Å². The Morgan fingerprint density at radius 2 is 1.62 bits per heavy atom. The van der Waals surface area contributed by atoms with Crippen LogP contribution < -0.4 is 5.32 Å². The molecule has 2 heterocycles. The van der Waals surface area contributed by atoms with Gasteiger partial charge in [0.05, 0.1) is 11.3 Å². The van der Waals surface area contributed by atoms with Gasteiger partial charge < -0.3 is 10.2 Å². The number of nitrogens with one attached hydrogen (secondary N) is 1. The molecule has 0 aliphatic carbocycles. The summed E-state index contributed by atoms with van der Waals surface area (Å²) in [6.45, 7) is 6.50. The van der Waals surface area contributed by atoms with Crippen molar-refractivity contribution < 1.29 is 4.79 Å². The summed E-state index contributed by atoms with van der Waals surface area (Å²) in [5, 5.41) is 8.00. The zero-order valence-electron chi connectivity index (χ0n) is 17.1. The smallest absolute Gasteiger partial charge is 0.255 e. The molecule has 0 bridgehead atoms. The monoisotopic (exact) mass is 388 g/mol. The molecule has 0 unspecified atom stereocenters. The lowest BCUT2D eigenvalue weighted by atomic mass is 10.0. The highest BCUT2D eigenvalue weighted by molar-refractivity contribution is 6.00. The molecule has 0 atom stereocenters. The number of rotatable bonds is 5. The lowest BCUT2D eigenvalue weighted by Gasteiger charge is -2.34. The van der Waals surface area contributed by atoms with Crippen molar-refractivity contribution in [1.29, 1.82) is 0 Å². The Bertz CT molecular complexity index is 942. The lowest BCUT2D eigenvalue weighted by Crippen LogP contribution is -2.46. The molecule has 5 heteroatoms. The fraction of sp³-hybridized carbons (Fsp3) is 0.333. The third kappa shape index (κ3) is 4.40. The van der Waals surface area contributed by atoms with Gasteiger partial charge in [-0.15, -0.1) is 0 Å². The van der Waals surface area contributed by atoms with Crippen LogP contribution in [0.25, 0.3) is 16.9 Å². The molecule has 1 amide bonds. The van der Waals surface area contributed by atoms with E-state index in [9.17, 15) is 4.79 Å². The molecule has 3 aromatic rings. The van der Waals surface area contributed by atoms with Gasteiger partial charge in [-0.05, 0) is 38.8 Å². The van der Waals surface area contributed by atoms with Gasteiger partial charge in [-0.2, -0.15) is 5.10 Å². The van der Waals surface area contributed by atoms with E-state index in [-0.39, 0.29) is 11.9 Å². The van der Waals surface area contributed by atoms with Gasteiger partial charge in [0.1, 0.15) is 5.69 Å². The van der Waals surface area contributed by atoms with Gasteiger partial charge in [-0.1, -0.05) is 48.5 Å². The normalized spacial score (nSPS) is 15.6. The minimum absolute atomic E-state index is 0.0472. The summed E-state index contributed by atoms with van der Waals surface area (Å²) in [5.41, 5.74) is 3.22. The van der Waals surface area contributed by atoms with E-state index in [1.807, 2.05) is 66.9 Å². The van der Waals surface area contributed by atoms with Crippen LogP contribution in [0.3, 0.4) is 0 Å². The van der Waals surface area contributed by atoms with Crippen LogP contribution in [0.15, 0.2) is 66.9 Å². The lowest BCUT2D eigenvalue weighted by molar-refractivity contribution is 0.0901. The molecular weight excluding hydrogens is 360 g/mol. The molecule has 0 spiro atoms. The van der Waals surface area contributed by atoms with Crippen LogP contribution in [-0.4, -0.2) is 45.8 Å². The van der Waals surface area contributed by atoms with Crippen LogP contribution in [-0.2, 0) is 0 Å². The molecule has 1 aliphatic heterocycles. The summed E-state index contributed by atoms with van der Waals surface area (Å²) >= 11 is 0. The largest absolute Gasteiger partial charge is 0.349 e. The number of para-hydroxylation sites is 1. The number of amides is 1. The first-order valence-electron chi connectivity index (χ1n) is 10.4. The first-order valence-corrected chi connectivity index (χ1v) is 10.4. The third-order valence-electron chi connectivity index (χ3n) is 5.62. The van der Waals surface area contributed by atoms with Crippen LogP contribution in [0.2, 0.25) is 0 Å². The Morgan fingerprint density at radius 1 is 1.00 bits per heavy atom. The molecule has 1 aromatic heterocycles. The summed E-state index contributed by atoms with van der Waals surface area (Å²) in [4.78, 5) is 15.7. The highest BCUT2D eigenvalue weighted by Crippen LogP contribution is 2.24. The first-order chi connectivity index (χ1) is 14.1. The molecule has 1 aliphatic rings. The Labute approximate surface area is 172 Å². The maximum atomic E-state index is 13.2. The van der Waals surface area contributed by atoms with Gasteiger partial charge in [-0.3, -0.25) is 4.79 Å². The predicted octanol–water partition coefficient (Wildman–Crippen LogP) is 4.14. The predicted molar refractivity (Wildman–Crippen MR) is 116 cm³/mol. The molecule has 1 N–H and O–H groups in total. The molecule has 150 valence electrons. The van der Waals surface area contributed by atoms with Gasteiger partial charge in [0, 0.05) is 36.9 Å². The fourth-order valence-electron chi connectivity index (χ4n) is 3.89. The summed E-state index contributed by atoms with van der Waals surface area (Å²) in [6.07, 6.45) is 3.81. The average Bonchev–Trinajstić information content (AvgIpc) is 3.21. The van der Waals surface area contributed by atoms with E-state index in [2.05, 4.69) is 24.1 Å². The maximum Gasteiger partial charge on any atom is 0.255 e. The van der Waals surface area contributed by atoms with Crippen molar-refractivity contribution in [3.05, 3.63) is 72.4 Å². The second-order valence-corrected chi connectivity index (χ2v) is 7.91. The molecule has 4 rings (SSSR count). The zero-order chi connectivity index (χ0) is 20.2. The van der Waals surface area contributed by atoms with Crippen molar-refractivity contribution in [1.82, 2.24) is 20.0 Å². The molecule has 0 saturated carbocycles. The van der Waals surface area contributed by atoms with E-state index in [0.29, 0.717) is 17.3 Å². The quantitative estimate of drug-likeness (QED) is 0.715. The molecule has 0 radical (unpaired) electrons. The first kappa shape index (κ1) is 19.4. The van der Waals surface area contributed by atoms with Crippen LogP contribution in [0, 0.1) is 0 Å². The standard InChI is InChI=1S/C24H28N4O/c1-18(2)27-15-13-20(14-16-27)25-24(29)22-17-28(21-11-7-4-8-12-21)26-23(22)19-9-5-3-6-10-19/h3-12,17-18,20H,13-16H2,1-2H3,(H,25,29). The topological polar surface area (TPSA) is 50.2 Å². The molecule has 2 aromatic carbocycles. The second-order valence-electron chi connectivity index (χ2n) is 7.91. The Morgan fingerprint density at radius 3 is 2.24 bits per heavy atom. The Hall–Kier alpha value is -2.92. The molecule has 5 nitrogen and oxygen atoms in total. The van der Waals surface area contributed by atoms with Crippen LogP contribution in [0.5, 0.6) is 0 Å². The van der Waals surface area contributed by atoms with E-state index < -0.39 is 0 Å². The van der Waals surface area contributed by atoms with Crippen molar-refractivity contribution in [3.8, 4) is 16.9 Å². The number of hydrogen-bond acceptors (Lipinski definition) is 3. The number of nitrogens with zero attached hydrogens (tertiary/aromatic N) is 3. The molecule has 1 saturated heterocycles. The number of carbonyl (C=O) groups excluding carboxylic acids is 1. The molecule has 1 fully saturated rings. The van der Waals surface area contributed by atoms with Gasteiger partial charge in [0.15, 0.2) is 0 Å². The summed E-state index contributed by atoms with van der Waals surface area (Å²) in [7, 11) is 0. The zero-order valence-corrected chi connectivity index (χ0v) is 17.1. The van der Waals surface area contributed by atoms with Crippen molar-refractivity contribution in [2.75, 3.05) is 13.1 Å². The van der Waals surface area contributed by atoms with Crippen molar-refractivity contribution in [2.45, 2.75) is 38.8 Å². The number of aromatic nitrogens is 2. The Kier molecular flexibility index (Phi) is 5.76. The number of piperidine rings is 1. The van der Waals surface area contributed by atoms with Gasteiger partial charge in [-0.25, -0.2) is 4.68 Å². The molecular formula is C24H28N4O. The fourth-order valence-corrected chi connectivity index (χ4v) is 3.89. The SMILES string of the molecule is CC(C)N1CCC(NC(=O)c2cn(-c3ccccc3)nc2-c2ccccc2)CC1. The second kappa shape index (κ2) is 8.62. The third-order valence-corrected chi connectivity index (χ3v) is 5.62. The molecule has 29 heavy (non-hydrogen) atoms. The summed E-state index contributed by atoms with van der Waals surface area (Å²) in [5.74, 6) is -0.0472. The van der Waals surface area contributed by atoms with E-state index in [1.54, 1.807) is 4.68 Å². The summed E-state index contributed by atoms with van der Waals surface area (Å²) < 4.78 is 1.79. The van der Waals surface area contributed by atoms with Gasteiger partial charge in [0.25, 0.3) is 5.91 Å². The van der Waals surface area contributed by atoms with Crippen molar-refractivity contribution in [3.63, 3.8) is 0 Å². The van der Waals surface area contributed by atoms with Crippen LogP contribution in [0.1, 0.15) is 37.0 Å². The summed E-state index contributed by atoms with van der Waals surface area (Å²) in [6, 6.07) is 20.6. The number of benzene rings is 2. The van der Waals surface area contributed by atoms with E-state index in [4.69, 9.17) is 5.10 Å². The van der Waals surface area contributed by atoms with E-state index in [1.165, 1.54) is 0 Å². The van der Waals surface area contributed by atoms with Crippen molar-refractivity contribution in [2.24, 2.45) is 0 Å². The minimum Gasteiger partial charge on any atom is -0.349 e. The van der Waals surface area contributed by atoms with Gasteiger partial charge in [0.2, 0.25) is 0 Å². The highest BCUT2D eigenvalue weighted by atomic mass is 16.1. The average molecular weight is 389 g/mol. The number of likely N-dealkylation sites (tertiary alicyclic amines) is 1. The van der Waals surface area contributed by atoms with Gasteiger partial charge >= 0.3 is 0 Å². The maximum absolute atomic E-state index is 13.2. The van der Waals surface area contributed by atoms with Crippen LogP contribution in [0.4, 0.5) is 0 Å². The van der Waals surface area contributed by atoms with E-state index in [0.717, 1.165) is 37.2 Å². The van der Waals surface area contributed by atoms with Crippen LogP contribution >= 0.6 is 0 Å². The van der Waals surface area contributed by atoms with Crippen molar-refractivity contribution >= 4 is 5.91 Å².